The van der Waals surface area contributed by atoms with Gasteiger partial charge in [-0.15, -0.1) is 0 Å². The Kier molecular flexibility index (Phi) is 9.92. The summed E-state index contributed by atoms with van der Waals surface area (Å²) in [4.78, 5) is 23.9. The third-order valence-corrected chi connectivity index (χ3v) is 7.07. The maximum absolute atomic E-state index is 12.6. The molecule has 4 aromatic rings. The Hall–Kier alpha value is -4.54. The Morgan fingerprint density at radius 3 is 2.40 bits per heavy atom. The fourth-order valence-corrected chi connectivity index (χ4v) is 4.71. The molecule has 2 heterocycles. The summed E-state index contributed by atoms with van der Waals surface area (Å²) in [5, 5.41) is 12.6. The molecule has 1 aliphatic heterocycles. The van der Waals surface area contributed by atoms with Gasteiger partial charge in [0.25, 0.3) is 0 Å². The summed E-state index contributed by atoms with van der Waals surface area (Å²) in [6.07, 6.45) is 4.10. The molecule has 218 valence electrons. The number of halogens is 1. The number of rotatable bonds is 12. The second kappa shape index (κ2) is 14.4. The zero-order valence-electron chi connectivity index (χ0n) is 23.4. The van der Waals surface area contributed by atoms with Gasteiger partial charge in [0.1, 0.15) is 23.1 Å². The lowest BCUT2D eigenvalue weighted by Gasteiger charge is -2.15. The number of carbonyl (C=O) groups is 1. The maximum atomic E-state index is 12.6. The molecule has 2 amide bonds. The number of benzene rings is 3. The Morgan fingerprint density at radius 2 is 1.64 bits per heavy atom. The van der Waals surface area contributed by atoms with E-state index in [1.807, 2.05) is 48.5 Å². The number of aromatic nitrogens is 2. The zero-order valence-corrected chi connectivity index (χ0v) is 24.2. The Bertz CT molecular complexity index is 1460. The van der Waals surface area contributed by atoms with Gasteiger partial charge in [0.15, 0.2) is 5.82 Å². The highest BCUT2D eigenvalue weighted by atomic mass is 35.5. The predicted octanol–water partition coefficient (Wildman–Crippen LogP) is 6.61. The van der Waals surface area contributed by atoms with Crippen LogP contribution >= 0.6 is 11.6 Å². The lowest BCUT2D eigenvalue weighted by molar-refractivity contribution is 0.238. The summed E-state index contributed by atoms with van der Waals surface area (Å²) in [6, 6.07) is 22.0. The smallest absolute Gasteiger partial charge is 0.323 e. The van der Waals surface area contributed by atoms with Crippen molar-refractivity contribution in [1.29, 1.82) is 0 Å². The van der Waals surface area contributed by atoms with E-state index in [2.05, 4.69) is 36.1 Å². The number of anilines is 5. The second-order valence-electron chi connectivity index (χ2n) is 9.76. The number of urea groups is 1. The quantitative estimate of drug-likeness (QED) is 0.146. The van der Waals surface area contributed by atoms with Crippen molar-refractivity contribution in [2.45, 2.75) is 19.4 Å². The van der Waals surface area contributed by atoms with E-state index in [0.717, 1.165) is 36.6 Å². The van der Waals surface area contributed by atoms with E-state index in [4.69, 9.17) is 21.1 Å². The first kappa shape index (κ1) is 29.0. The molecule has 0 saturated carbocycles. The number of carbonyl (C=O) groups excluding carboxylic acids is 1. The Balaban J connectivity index is 1.15. The van der Waals surface area contributed by atoms with Gasteiger partial charge in [-0.2, -0.15) is 4.98 Å². The summed E-state index contributed by atoms with van der Waals surface area (Å²) in [5.74, 6) is 2.40. The first-order valence-corrected chi connectivity index (χ1v) is 14.2. The highest BCUT2D eigenvalue weighted by Gasteiger charge is 2.12. The molecule has 0 atom stereocenters. The molecule has 4 N–H and O–H groups in total. The molecule has 0 aliphatic carbocycles. The molecule has 0 radical (unpaired) electrons. The van der Waals surface area contributed by atoms with Crippen molar-refractivity contribution in [3.05, 3.63) is 89.6 Å². The van der Waals surface area contributed by atoms with Gasteiger partial charge in [0, 0.05) is 30.2 Å². The van der Waals surface area contributed by atoms with Crippen molar-refractivity contribution >= 4 is 46.5 Å². The van der Waals surface area contributed by atoms with Crippen LogP contribution in [0.5, 0.6) is 11.5 Å². The molecule has 10 nitrogen and oxygen atoms in total. The third kappa shape index (κ3) is 8.25. The van der Waals surface area contributed by atoms with Crippen LogP contribution in [0.4, 0.5) is 33.6 Å². The number of ether oxygens (including phenoxy) is 2. The first-order valence-electron chi connectivity index (χ1n) is 13.8. The van der Waals surface area contributed by atoms with E-state index in [9.17, 15) is 4.79 Å². The van der Waals surface area contributed by atoms with E-state index in [0.29, 0.717) is 47.1 Å². The third-order valence-electron chi connectivity index (χ3n) is 6.79. The summed E-state index contributed by atoms with van der Waals surface area (Å²) >= 11 is 6.39. The normalized spacial score (nSPS) is 12.9. The molecule has 0 spiro atoms. The van der Waals surface area contributed by atoms with Gasteiger partial charge in [-0.25, -0.2) is 9.78 Å². The van der Waals surface area contributed by atoms with E-state index in [-0.39, 0.29) is 6.03 Å². The summed E-state index contributed by atoms with van der Waals surface area (Å²) in [6.45, 7) is 4.32. The van der Waals surface area contributed by atoms with Crippen molar-refractivity contribution in [3.8, 4) is 11.5 Å². The SMILES string of the molecule is COc1ccc(NC(=O)Nc2ccccc2CNc2nc(Nc3ccc(OCCN4CCCC4)cc3)ncc2Cl)cc1. The summed E-state index contributed by atoms with van der Waals surface area (Å²) in [5.41, 5.74) is 2.98. The van der Waals surface area contributed by atoms with Gasteiger partial charge in [-0.3, -0.25) is 4.90 Å². The van der Waals surface area contributed by atoms with E-state index >= 15 is 0 Å². The minimum absolute atomic E-state index is 0.359. The van der Waals surface area contributed by atoms with Crippen LogP contribution < -0.4 is 30.7 Å². The van der Waals surface area contributed by atoms with Gasteiger partial charge in [0.05, 0.1) is 13.3 Å². The van der Waals surface area contributed by atoms with Crippen LogP contribution in [-0.2, 0) is 6.54 Å². The van der Waals surface area contributed by atoms with Crippen molar-refractivity contribution in [1.82, 2.24) is 14.9 Å². The second-order valence-corrected chi connectivity index (χ2v) is 10.2. The Labute approximate surface area is 250 Å². The molecule has 0 unspecified atom stereocenters. The highest BCUT2D eigenvalue weighted by molar-refractivity contribution is 6.32. The molecule has 1 saturated heterocycles. The summed E-state index contributed by atoms with van der Waals surface area (Å²) in [7, 11) is 1.59. The lowest BCUT2D eigenvalue weighted by Crippen LogP contribution is -2.25. The van der Waals surface area contributed by atoms with Crippen LogP contribution in [0.3, 0.4) is 0 Å². The molecule has 11 heteroatoms. The number of nitrogens with zero attached hydrogens (tertiary/aromatic N) is 3. The van der Waals surface area contributed by atoms with E-state index in [1.165, 1.54) is 12.8 Å². The van der Waals surface area contributed by atoms with Gasteiger partial charge in [0.2, 0.25) is 5.95 Å². The van der Waals surface area contributed by atoms with Gasteiger partial charge in [-0.05, 0) is 86.1 Å². The van der Waals surface area contributed by atoms with Gasteiger partial charge < -0.3 is 30.7 Å². The van der Waals surface area contributed by atoms with Crippen molar-refractivity contribution in [2.24, 2.45) is 0 Å². The molecule has 3 aromatic carbocycles. The standard InChI is InChI=1S/C31H34ClN7O3/c1-41-25-12-8-24(9-13-25)36-31(40)37-28-7-3-2-6-22(28)20-33-29-27(32)21-34-30(38-29)35-23-10-14-26(15-11-23)42-19-18-39-16-4-5-17-39/h2-3,6-15,21H,4-5,16-20H2,1H3,(H2,36,37,40)(H2,33,34,35,38). The van der Waals surface area contributed by atoms with E-state index < -0.39 is 0 Å². The van der Waals surface area contributed by atoms with Crippen LogP contribution in [0.1, 0.15) is 18.4 Å². The molecule has 0 bridgehead atoms. The highest BCUT2D eigenvalue weighted by Crippen LogP contribution is 2.25. The number of nitrogens with one attached hydrogen (secondary N) is 4. The average molecular weight is 588 g/mol. The molecule has 5 rings (SSSR count). The van der Waals surface area contributed by atoms with Crippen LogP contribution in [0.15, 0.2) is 79.0 Å². The number of methoxy groups -OCH3 is 1. The van der Waals surface area contributed by atoms with Crippen LogP contribution in [0, 0.1) is 0 Å². The number of likely N-dealkylation sites (tertiary alicyclic amines) is 1. The fourth-order valence-electron chi connectivity index (χ4n) is 4.55. The van der Waals surface area contributed by atoms with E-state index in [1.54, 1.807) is 37.6 Å². The van der Waals surface area contributed by atoms with Crippen LogP contribution in [0.25, 0.3) is 0 Å². The topological polar surface area (TPSA) is 113 Å². The zero-order chi connectivity index (χ0) is 29.1. The molecule has 1 aromatic heterocycles. The number of amides is 2. The largest absolute Gasteiger partial charge is 0.497 e. The van der Waals surface area contributed by atoms with Crippen molar-refractivity contribution in [3.63, 3.8) is 0 Å². The fraction of sp³-hybridized carbons (Fsp3) is 0.258. The minimum atomic E-state index is -0.359. The number of hydrogen-bond donors (Lipinski definition) is 4. The lowest BCUT2D eigenvalue weighted by atomic mass is 10.1. The Morgan fingerprint density at radius 1 is 0.929 bits per heavy atom. The summed E-state index contributed by atoms with van der Waals surface area (Å²) < 4.78 is 11.1. The van der Waals surface area contributed by atoms with Crippen molar-refractivity contribution < 1.29 is 14.3 Å². The molecular formula is C31H34ClN7O3. The minimum Gasteiger partial charge on any atom is -0.497 e. The number of hydrogen-bond acceptors (Lipinski definition) is 8. The molecular weight excluding hydrogens is 554 g/mol. The van der Waals surface area contributed by atoms with Gasteiger partial charge >= 0.3 is 6.03 Å². The molecule has 1 aliphatic rings. The van der Waals surface area contributed by atoms with Crippen LogP contribution in [0.2, 0.25) is 5.02 Å². The monoisotopic (exact) mass is 587 g/mol. The first-order chi connectivity index (χ1) is 20.6. The molecule has 1 fully saturated rings. The van der Waals surface area contributed by atoms with Gasteiger partial charge in [-0.1, -0.05) is 29.8 Å². The number of para-hydroxylation sites is 1. The predicted molar refractivity (Wildman–Crippen MR) is 167 cm³/mol. The maximum Gasteiger partial charge on any atom is 0.323 e. The van der Waals surface area contributed by atoms with Crippen molar-refractivity contribution in [2.75, 3.05) is 54.6 Å². The molecule has 42 heavy (non-hydrogen) atoms. The average Bonchev–Trinajstić information content (AvgIpc) is 3.53. The van der Waals surface area contributed by atoms with Crippen LogP contribution in [-0.4, -0.2) is 54.2 Å².